The number of anilines is 3. The minimum Gasteiger partial charge on any atom is -0.456 e. The first kappa shape index (κ1) is 30.0. The molecule has 0 fully saturated rings. The van der Waals surface area contributed by atoms with Gasteiger partial charge in [-0.1, -0.05) is 141 Å². The molecule has 250 valence electrons. The lowest BCUT2D eigenvalue weighted by molar-refractivity contribution is 0.660. The van der Waals surface area contributed by atoms with Crippen LogP contribution in [0.2, 0.25) is 0 Å². The molecule has 0 amide bonds. The molecule has 1 heterocycles. The molecule has 0 aliphatic heterocycles. The van der Waals surface area contributed by atoms with Crippen molar-refractivity contribution in [2.45, 2.75) is 19.3 Å². The molecule has 11 rings (SSSR count). The molecule has 1 aliphatic rings. The van der Waals surface area contributed by atoms with Crippen LogP contribution in [0.5, 0.6) is 0 Å². The first-order chi connectivity index (χ1) is 26.1. The van der Waals surface area contributed by atoms with Crippen molar-refractivity contribution in [1.29, 1.82) is 0 Å². The van der Waals surface area contributed by atoms with Crippen molar-refractivity contribution in [3.63, 3.8) is 0 Å². The summed E-state index contributed by atoms with van der Waals surface area (Å²) in [6, 6.07) is 64.2. The summed E-state index contributed by atoms with van der Waals surface area (Å²) in [4.78, 5) is 2.44. The Kier molecular flexibility index (Phi) is 6.33. The minimum atomic E-state index is -0.106. The fraction of sp³-hybridized carbons (Fsp3) is 0.0588. The summed E-state index contributed by atoms with van der Waals surface area (Å²) in [5.41, 5.74) is 12.9. The molecule has 0 saturated carbocycles. The zero-order chi connectivity index (χ0) is 35.3. The van der Waals surface area contributed by atoms with Crippen LogP contribution in [0.4, 0.5) is 17.1 Å². The monoisotopic (exact) mass is 677 g/mol. The van der Waals surface area contributed by atoms with Crippen LogP contribution in [0, 0.1) is 0 Å². The van der Waals surface area contributed by atoms with Gasteiger partial charge in [-0.15, -0.1) is 0 Å². The Morgan fingerprint density at radius 3 is 1.81 bits per heavy atom. The van der Waals surface area contributed by atoms with E-state index in [0.29, 0.717) is 0 Å². The van der Waals surface area contributed by atoms with Gasteiger partial charge in [0.15, 0.2) is 0 Å². The van der Waals surface area contributed by atoms with Crippen molar-refractivity contribution >= 4 is 71.3 Å². The molecule has 2 heteroatoms. The lowest BCUT2D eigenvalue weighted by atomic mass is 9.82. The van der Waals surface area contributed by atoms with Gasteiger partial charge >= 0.3 is 0 Å². The Hall–Kier alpha value is -6.64. The van der Waals surface area contributed by atoms with Gasteiger partial charge in [0.1, 0.15) is 11.2 Å². The fourth-order valence-corrected chi connectivity index (χ4v) is 9.26. The van der Waals surface area contributed by atoms with Crippen LogP contribution >= 0.6 is 0 Å². The van der Waals surface area contributed by atoms with E-state index >= 15 is 0 Å². The summed E-state index contributed by atoms with van der Waals surface area (Å²) in [5.74, 6) is 0. The zero-order valence-electron chi connectivity index (χ0n) is 29.6. The quantitative estimate of drug-likeness (QED) is 0.172. The number of para-hydroxylation sites is 3. The van der Waals surface area contributed by atoms with E-state index in [1.807, 2.05) is 6.07 Å². The van der Waals surface area contributed by atoms with E-state index in [4.69, 9.17) is 4.42 Å². The zero-order valence-corrected chi connectivity index (χ0v) is 29.6. The van der Waals surface area contributed by atoms with Gasteiger partial charge in [-0.05, 0) is 103 Å². The predicted octanol–water partition coefficient (Wildman–Crippen LogP) is 14.5. The van der Waals surface area contributed by atoms with Gasteiger partial charge in [-0.3, -0.25) is 0 Å². The molecule has 0 radical (unpaired) electrons. The van der Waals surface area contributed by atoms with Gasteiger partial charge in [0.25, 0.3) is 0 Å². The number of furan rings is 1. The van der Waals surface area contributed by atoms with E-state index in [1.165, 1.54) is 71.1 Å². The summed E-state index contributed by atoms with van der Waals surface area (Å²) in [6.07, 6.45) is 0. The van der Waals surface area contributed by atoms with Crippen LogP contribution in [0.3, 0.4) is 0 Å². The van der Waals surface area contributed by atoms with E-state index in [-0.39, 0.29) is 5.41 Å². The van der Waals surface area contributed by atoms with Crippen molar-refractivity contribution in [2.24, 2.45) is 0 Å². The molecule has 9 aromatic carbocycles. The van der Waals surface area contributed by atoms with Crippen molar-refractivity contribution in [2.75, 3.05) is 4.90 Å². The molecule has 0 spiro atoms. The SMILES string of the molecule is CC1(C)c2ccccc2-c2ccc(N(c3ccccc3)c3ccccc3-c3cccc4c5ccc6oc7ccccc7c6c5c5ccccc5c34)cc21. The molecule has 0 saturated heterocycles. The van der Waals surface area contributed by atoms with Crippen molar-refractivity contribution < 1.29 is 4.42 Å². The Morgan fingerprint density at radius 2 is 0.981 bits per heavy atom. The van der Waals surface area contributed by atoms with Gasteiger partial charge in [-0.2, -0.15) is 0 Å². The smallest absolute Gasteiger partial charge is 0.136 e. The van der Waals surface area contributed by atoms with Crippen molar-refractivity contribution in [3.8, 4) is 22.3 Å². The Labute approximate surface area is 308 Å². The maximum absolute atomic E-state index is 6.39. The molecule has 0 atom stereocenters. The molecule has 1 aromatic heterocycles. The average molecular weight is 678 g/mol. The molecular formula is C51H35NO. The third kappa shape index (κ3) is 4.27. The standard InChI is InChI=1S/C51H35NO/c1-51(2)43-24-11-8-17-34(43)35-28-27-33(31-44(35)51)52(32-15-4-3-5-16-32)45-25-12-9-18-36(45)37-22-14-23-39-41-29-30-47-50(42-21-10-13-26-46(42)53-47)49(41)40-20-7-6-19-38(40)48(37)39/h3-31H,1-2H3. The van der Waals surface area contributed by atoms with Gasteiger partial charge in [0.2, 0.25) is 0 Å². The van der Waals surface area contributed by atoms with Crippen molar-refractivity contribution in [1.82, 2.24) is 0 Å². The highest BCUT2D eigenvalue weighted by Gasteiger charge is 2.36. The molecule has 0 bridgehead atoms. The summed E-state index contributed by atoms with van der Waals surface area (Å²) in [7, 11) is 0. The average Bonchev–Trinajstić information content (AvgIpc) is 3.70. The summed E-state index contributed by atoms with van der Waals surface area (Å²) < 4.78 is 6.39. The molecule has 0 N–H and O–H groups in total. The maximum Gasteiger partial charge on any atom is 0.136 e. The molecular weight excluding hydrogens is 643 g/mol. The van der Waals surface area contributed by atoms with Crippen LogP contribution < -0.4 is 4.90 Å². The largest absolute Gasteiger partial charge is 0.456 e. The molecule has 2 nitrogen and oxygen atoms in total. The summed E-state index contributed by atoms with van der Waals surface area (Å²) >= 11 is 0. The van der Waals surface area contributed by atoms with Crippen LogP contribution in [0.1, 0.15) is 25.0 Å². The predicted molar refractivity (Wildman–Crippen MR) is 224 cm³/mol. The number of rotatable bonds is 4. The highest BCUT2D eigenvalue weighted by Crippen LogP contribution is 2.52. The van der Waals surface area contributed by atoms with Crippen LogP contribution in [0.15, 0.2) is 180 Å². The number of benzene rings is 9. The van der Waals surface area contributed by atoms with E-state index in [9.17, 15) is 0 Å². The van der Waals surface area contributed by atoms with E-state index in [2.05, 4.69) is 189 Å². The van der Waals surface area contributed by atoms with E-state index in [0.717, 1.165) is 33.6 Å². The Balaban J connectivity index is 1.19. The number of hydrogen-bond acceptors (Lipinski definition) is 2. The van der Waals surface area contributed by atoms with Crippen molar-refractivity contribution in [3.05, 3.63) is 187 Å². The lowest BCUT2D eigenvalue weighted by Gasteiger charge is -2.30. The topological polar surface area (TPSA) is 16.4 Å². The second-order valence-electron chi connectivity index (χ2n) is 14.8. The summed E-state index contributed by atoms with van der Waals surface area (Å²) in [5, 5.41) is 9.78. The van der Waals surface area contributed by atoms with E-state index < -0.39 is 0 Å². The Bertz CT molecular complexity index is 3060. The lowest BCUT2D eigenvalue weighted by Crippen LogP contribution is -2.16. The Morgan fingerprint density at radius 1 is 0.377 bits per heavy atom. The summed E-state index contributed by atoms with van der Waals surface area (Å²) in [6.45, 7) is 4.71. The number of fused-ring (bicyclic) bond motifs is 13. The van der Waals surface area contributed by atoms with Crippen LogP contribution in [0.25, 0.3) is 76.5 Å². The highest BCUT2D eigenvalue weighted by atomic mass is 16.3. The minimum absolute atomic E-state index is 0.106. The second-order valence-corrected chi connectivity index (χ2v) is 14.8. The number of nitrogens with zero attached hydrogens (tertiary/aromatic N) is 1. The molecule has 10 aromatic rings. The third-order valence-electron chi connectivity index (χ3n) is 11.6. The molecule has 1 aliphatic carbocycles. The highest BCUT2D eigenvalue weighted by molar-refractivity contribution is 6.36. The second kappa shape index (κ2) is 11.2. The molecule has 0 unspecified atom stereocenters. The van der Waals surface area contributed by atoms with Gasteiger partial charge in [0, 0.05) is 38.5 Å². The third-order valence-corrected chi connectivity index (χ3v) is 11.6. The van der Waals surface area contributed by atoms with Crippen LogP contribution in [-0.2, 0) is 5.41 Å². The maximum atomic E-state index is 6.39. The fourth-order valence-electron chi connectivity index (χ4n) is 9.26. The van der Waals surface area contributed by atoms with Gasteiger partial charge in [-0.25, -0.2) is 0 Å². The number of hydrogen-bond donors (Lipinski definition) is 0. The normalized spacial score (nSPS) is 13.2. The van der Waals surface area contributed by atoms with E-state index in [1.54, 1.807) is 0 Å². The van der Waals surface area contributed by atoms with Crippen LogP contribution in [-0.4, -0.2) is 0 Å². The van der Waals surface area contributed by atoms with Gasteiger partial charge in [0.05, 0.1) is 5.69 Å². The first-order valence-corrected chi connectivity index (χ1v) is 18.4. The van der Waals surface area contributed by atoms with Gasteiger partial charge < -0.3 is 9.32 Å². The first-order valence-electron chi connectivity index (χ1n) is 18.4. The molecule has 53 heavy (non-hydrogen) atoms.